The molecule has 4 nitrogen and oxygen atoms in total. The Hall–Kier alpha value is -2.44. The number of halogens is 1. The highest BCUT2D eigenvalue weighted by Gasteiger charge is 2.33. The molecule has 2 aliphatic rings. The monoisotopic (exact) mass is 410 g/mol. The maximum Gasteiger partial charge on any atom is 0.278 e. The number of thioether (sulfide) groups is 1. The van der Waals surface area contributed by atoms with Crippen LogP contribution in [0.4, 0.5) is 4.39 Å². The predicted molar refractivity (Wildman–Crippen MR) is 115 cm³/mol. The Kier molecular flexibility index (Phi) is 6.11. The summed E-state index contributed by atoms with van der Waals surface area (Å²) in [5, 5.41) is 0.674. The lowest BCUT2D eigenvalue weighted by atomic mass is 10.1. The number of aryl methyl sites for hydroxylation is 1. The SMILES string of the molecule is Cc1ccc(/C=C2\N=C(SCc3ccc(F)cc3)N(C[C@H]3CCCO3)C2=O)cc1. The average molecular weight is 411 g/mol. The quantitative estimate of drug-likeness (QED) is 0.666. The number of carbonyl (C=O) groups excluding carboxylic acids is 1. The summed E-state index contributed by atoms with van der Waals surface area (Å²) in [6, 6.07) is 14.4. The van der Waals surface area contributed by atoms with Crippen LogP contribution in [0.3, 0.4) is 0 Å². The van der Waals surface area contributed by atoms with Crippen LogP contribution in [0, 0.1) is 12.7 Å². The first kappa shape index (κ1) is 19.9. The van der Waals surface area contributed by atoms with Crippen molar-refractivity contribution in [2.45, 2.75) is 31.6 Å². The van der Waals surface area contributed by atoms with Crippen LogP contribution in [-0.2, 0) is 15.3 Å². The zero-order valence-electron chi connectivity index (χ0n) is 16.3. The van der Waals surface area contributed by atoms with Gasteiger partial charge < -0.3 is 4.74 Å². The number of benzene rings is 2. The van der Waals surface area contributed by atoms with Crippen molar-refractivity contribution in [3.63, 3.8) is 0 Å². The van der Waals surface area contributed by atoms with E-state index in [1.54, 1.807) is 17.0 Å². The summed E-state index contributed by atoms with van der Waals surface area (Å²) in [5.74, 6) is 0.268. The Morgan fingerprint density at radius 2 is 1.97 bits per heavy atom. The van der Waals surface area contributed by atoms with E-state index in [2.05, 4.69) is 4.99 Å². The molecule has 150 valence electrons. The average Bonchev–Trinajstić information content (AvgIpc) is 3.33. The second-order valence-electron chi connectivity index (χ2n) is 7.30. The van der Waals surface area contributed by atoms with E-state index in [1.165, 1.54) is 29.5 Å². The number of hydrogen-bond donors (Lipinski definition) is 0. The van der Waals surface area contributed by atoms with Gasteiger partial charge in [-0.2, -0.15) is 0 Å². The van der Waals surface area contributed by atoms with E-state index >= 15 is 0 Å². The highest BCUT2D eigenvalue weighted by Crippen LogP contribution is 2.28. The molecule has 1 fully saturated rings. The fraction of sp³-hybridized carbons (Fsp3) is 0.304. The second kappa shape index (κ2) is 8.93. The number of rotatable bonds is 5. The van der Waals surface area contributed by atoms with Crippen molar-refractivity contribution in [2.75, 3.05) is 13.2 Å². The molecular formula is C23H23FN2O2S. The van der Waals surface area contributed by atoms with Crippen molar-refractivity contribution in [3.05, 3.63) is 76.7 Å². The largest absolute Gasteiger partial charge is 0.376 e. The number of ether oxygens (including phenoxy) is 1. The number of amides is 1. The molecule has 2 heterocycles. The number of nitrogens with zero attached hydrogens (tertiary/aromatic N) is 2. The minimum atomic E-state index is -0.254. The molecule has 1 saturated heterocycles. The number of amidine groups is 1. The number of carbonyl (C=O) groups is 1. The molecule has 0 unspecified atom stereocenters. The highest BCUT2D eigenvalue weighted by molar-refractivity contribution is 8.13. The third-order valence-electron chi connectivity index (χ3n) is 4.98. The molecule has 0 aromatic heterocycles. The van der Waals surface area contributed by atoms with E-state index in [9.17, 15) is 9.18 Å². The van der Waals surface area contributed by atoms with Gasteiger partial charge in [-0.15, -0.1) is 0 Å². The van der Waals surface area contributed by atoms with Crippen molar-refractivity contribution in [1.29, 1.82) is 0 Å². The molecule has 29 heavy (non-hydrogen) atoms. The van der Waals surface area contributed by atoms with Gasteiger partial charge in [-0.05, 0) is 49.1 Å². The van der Waals surface area contributed by atoms with Gasteiger partial charge in [0, 0.05) is 12.4 Å². The van der Waals surface area contributed by atoms with Crippen LogP contribution in [0.15, 0.2) is 59.2 Å². The Balaban J connectivity index is 1.54. The summed E-state index contributed by atoms with van der Waals surface area (Å²) in [7, 11) is 0. The van der Waals surface area contributed by atoms with Gasteiger partial charge in [0.15, 0.2) is 5.17 Å². The summed E-state index contributed by atoms with van der Waals surface area (Å²) in [5.41, 5.74) is 3.54. The van der Waals surface area contributed by atoms with E-state index < -0.39 is 0 Å². The molecular weight excluding hydrogens is 387 g/mol. The van der Waals surface area contributed by atoms with E-state index in [1.807, 2.05) is 37.3 Å². The third kappa shape index (κ3) is 4.95. The molecule has 2 aromatic rings. The van der Waals surface area contributed by atoms with Gasteiger partial charge in [0.25, 0.3) is 5.91 Å². The molecule has 0 radical (unpaired) electrons. The smallest absolute Gasteiger partial charge is 0.278 e. The van der Waals surface area contributed by atoms with Crippen molar-refractivity contribution in [1.82, 2.24) is 4.90 Å². The molecule has 0 bridgehead atoms. The van der Waals surface area contributed by atoms with Gasteiger partial charge in [-0.3, -0.25) is 9.69 Å². The Labute approximate surface area is 174 Å². The van der Waals surface area contributed by atoms with Crippen LogP contribution in [0.25, 0.3) is 6.08 Å². The molecule has 1 amide bonds. The summed E-state index contributed by atoms with van der Waals surface area (Å²) in [6.07, 6.45) is 3.86. The van der Waals surface area contributed by atoms with E-state index in [0.717, 1.165) is 30.6 Å². The van der Waals surface area contributed by atoms with Gasteiger partial charge in [0.1, 0.15) is 11.5 Å². The number of aliphatic imine (C=N–C) groups is 1. The number of hydrogen-bond acceptors (Lipinski definition) is 4. The zero-order valence-corrected chi connectivity index (χ0v) is 17.1. The Morgan fingerprint density at radius 3 is 2.66 bits per heavy atom. The molecule has 4 rings (SSSR count). The lowest BCUT2D eigenvalue weighted by Crippen LogP contribution is -2.37. The predicted octanol–water partition coefficient (Wildman–Crippen LogP) is 4.79. The summed E-state index contributed by atoms with van der Waals surface area (Å²) in [4.78, 5) is 19.4. The summed E-state index contributed by atoms with van der Waals surface area (Å²) in [6.45, 7) is 3.29. The standard InChI is InChI=1S/C23H23FN2O2S/c1-16-4-6-17(7-5-16)13-21-22(27)26(14-20-3-2-12-28-20)23(25-21)29-15-18-8-10-19(24)11-9-18/h4-11,13,20H,2-3,12,14-15H2,1H3/b21-13-/t20-/m1/s1. The minimum Gasteiger partial charge on any atom is -0.376 e. The van der Waals surface area contributed by atoms with Crippen LogP contribution in [0.5, 0.6) is 0 Å². The van der Waals surface area contributed by atoms with Gasteiger partial charge >= 0.3 is 0 Å². The molecule has 0 saturated carbocycles. The highest BCUT2D eigenvalue weighted by atomic mass is 32.2. The first-order chi connectivity index (χ1) is 14.1. The Bertz CT molecular complexity index is 932. The van der Waals surface area contributed by atoms with Gasteiger partial charge in [0.05, 0.1) is 12.6 Å². The maximum atomic E-state index is 13.1. The van der Waals surface area contributed by atoms with Crippen LogP contribution < -0.4 is 0 Å². The normalized spacial score (nSPS) is 20.6. The summed E-state index contributed by atoms with van der Waals surface area (Å²) < 4.78 is 18.9. The summed E-state index contributed by atoms with van der Waals surface area (Å²) >= 11 is 1.49. The molecule has 2 aliphatic heterocycles. The fourth-order valence-electron chi connectivity index (χ4n) is 3.34. The minimum absolute atomic E-state index is 0.0503. The Morgan fingerprint density at radius 1 is 1.21 bits per heavy atom. The van der Waals surface area contributed by atoms with Crippen LogP contribution in [0.2, 0.25) is 0 Å². The lowest BCUT2D eigenvalue weighted by molar-refractivity contribution is -0.123. The topological polar surface area (TPSA) is 41.9 Å². The third-order valence-corrected chi connectivity index (χ3v) is 6.03. The molecule has 1 atom stereocenters. The van der Waals surface area contributed by atoms with Crippen LogP contribution in [-0.4, -0.2) is 35.2 Å². The van der Waals surface area contributed by atoms with Crippen molar-refractivity contribution >= 4 is 28.9 Å². The lowest BCUT2D eigenvalue weighted by Gasteiger charge is -2.21. The molecule has 0 N–H and O–H groups in total. The fourth-order valence-corrected chi connectivity index (χ4v) is 4.31. The molecule has 6 heteroatoms. The van der Waals surface area contributed by atoms with Gasteiger partial charge in [0.2, 0.25) is 0 Å². The van der Waals surface area contributed by atoms with Crippen molar-refractivity contribution < 1.29 is 13.9 Å². The first-order valence-corrected chi connectivity index (χ1v) is 10.7. The van der Waals surface area contributed by atoms with Crippen LogP contribution in [0.1, 0.15) is 29.5 Å². The maximum absolute atomic E-state index is 13.1. The van der Waals surface area contributed by atoms with E-state index in [4.69, 9.17) is 4.74 Å². The van der Waals surface area contributed by atoms with Gasteiger partial charge in [-0.1, -0.05) is 53.7 Å². The first-order valence-electron chi connectivity index (χ1n) is 9.76. The molecule has 0 spiro atoms. The van der Waals surface area contributed by atoms with Crippen molar-refractivity contribution in [3.8, 4) is 0 Å². The van der Waals surface area contributed by atoms with Crippen molar-refractivity contribution in [2.24, 2.45) is 4.99 Å². The molecule has 0 aliphatic carbocycles. The zero-order chi connectivity index (χ0) is 20.2. The molecule has 2 aromatic carbocycles. The van der Waals surface area contributed by atoms with E-state index in [0.29, 0.717) is 23.2 Å². The van der Waals surface area contributed by atoms with E-state index in [-0.39, 0.29) is 17.8 Å². The second-order valence-corrected chi connectivity index (χ2v) is 8.24. The van der Waals surface area contributed by atoms with Crippen LogP contribution >= 0.6 is 11.8 Å². The van der Waals surface area contributed by atoms with Gasteiger partial charge in [-0.25, -0.2) is 9.38 Å².